The van der Waals surface area contributed by atoms with Gasteiger partial charge < -0.3 is 4.74 Å². The molecular weight excluding hydrogens is 331 g/mol. The Morgan fingerprint density at radius 1 is 1.23 bits per heavy atom. The van der Waals surface area contributed by atoms with Gasteiger partial charge in [0.2, 0.25) is 0 Å². The molecule has 0 heterocycles. The Balaban J connectivity index is 1.62. The number of hydrogen-bond acceptors (Lipinski definition) is 3. The second-order valence-corrected chi connectivity index (χ2v) is 9.53. The van der Waals surface area contributed by atoms with Crippen LogP contribution >= 0.6 is 0 Å². The molecule has 3 fully saturated rings. The van der Waals surface area contributed by atoms with Gasteiger partial charge in [0.05, 0.1) is 0 Å². The molecule has 3 nitrogen and oxygen atoms in total. The van der Waals surface area contributed by atoms with E-state index < -0.39 is 12.3 Å². The topological polar surface area (TPSA) is 43.4 Å². The van der Waals surface area contributed by atoms with Crippen LogP contribution in [0, 0.1) is 28.6 Å². The number of hydrogen-bond donors (Lipinski definition) is 0. The Labute approximate surface area is 155 Å². The van der Waals surface area contributed by atoms with Crippen LogP contribution in [0.1, 0.15) is 72.1 Å². The molecule has 7 atom stereocenters. The largest absolute Gasteiger partial charge is 0.459 e. The molecule has 144 valence electrons. The van der Waals surface area contributed by atoms with Gasteiger partial charge in [-0.2, -0.15) is 0 Å². The van der Waals surface area contributed by atoms with E-state index in [0.717, 1.165) is 32.1 Å². The minimum Gasteiger partial charge on any atom is -0.459 e. The van der Waals surface area contributed by atoms with Gasteiger partial charge in [-0.1, -0.05) is 26.3 Å². The number of carbonyl (C=O) groups is 2. The fourth-order valence-corrected chi connectivity index (χ4v) is 6.92. The third-order valence-corrected chi connectivity index (χ3v) is 8.40. The molecule has 4 aliphatic carbocycles. The van der Waals surface area contributed by atoms with Crippen LogP contribution in [0.25, 0.3) is 0 Å². The van der Waals surface area contributed by atoms with Gasteiger partial charge >= 0.3 is 5.97 Å². The second kappa shape index (κ2) is 6.17. The molecule has 0 N–H and O–H groups in total. The third-order valence-electron chi connectivity index (χ3n) is 8.40. The molecule has 4 aliphatic rings. The quantitative estimate of drug-likeness (QED) is 0.664. The van der Waals surface area contributed by atoms with Crippen LogP contribution < -0.4 is 0 Å². The van der Waals surface area contributed by atoms with E-state index in [4.69, 9.17) is 4.74 Å². The number of allylic oxidation sites excluding steroid dienone is 1. The molecular formula is C22H31FO3. The van der Waals surface area contributed by atoms with Gasteiger partial charge in [-0.3, -0.25) is 9.59 Å². The van der Waals surface area contributed by atoms with Crippen molar-refractivity contribution < 1.29 is 18.7 Å². The summed E-state index contributed by atoms with van der Waals surface area (Å²) in [6, 6.07) is 0. The highest BCUT2D eigenvalue weighted by Crippen LogP contribution is 2.65. The lowest BCUT2D eigenvalue weighted by Crippen LogP contribution is -2.52. The fourth-order valence-electron chi connectivity index (χ4n) is 6.92. The number of esters is 1. The van der Waals surface area contributed by atoms with Crippen LogP contribution in [-0.4, -0.2) is 24.0 Å². The van der Waals surface area contributed by atoms with E-state index in [9.17, 15) is 14.0 Å². The highest BCUT2D eigenvalue weighted by Gasteiger charge is 2.63. The maximum atomic E-state index is 14.9. The molecule has 0 aliphatic heterocycles. The number of carbonyl (C=O) groups excluding carboxylic acids is 2. The smallest absolute Gasteiger partial charge is 0.305 e. The van der Waals surface area contributed by atoms with Crippen molar-refractivity contribution >= 4 is 11.8 Å². The molecule has 0 bridgehead atoms. The van der Waals surface area contributed by atoms with Crippen molar-refractivity contribution in [2.45, 2.75) is 84.4 Å². The SMILES string of the molecule is CCC(=O)O[C@@H]1[C@H](F)C[C@H]2[C@@H]3CCC4=CC(=O)CC[C@]4(C)[C@H]3CC[C@]12C. The molecule has 0 aromatic carbocycles. The summed E-state index contributed by atoms with van der Waals surface area (Å²) in [5, 5.41) is 0. The first kappa shape index (κ1) is 18.2. The third kappa shape index (κ3) is 2.51. The zero-order chi connectivity index (χ0) is 18.7. The van der Waals surface area contributed by atoms with Crippen LogP contribution in [0.5, 0.6) is 0 Å². The first-order chi connectivity index (χ1) is 12.3. The Hall–Kier alpha value is -1.19. The van der Waals surface area contributed by atoms with Crippen molar-refractivity contribution in [2.24, 2.45) is 28.6 Å². The summed E-state index contributed by atoms with van der Waals surface area (Å²) in [7, 11) is 0. The zero-order valence-electron chi connectivity index (χ0n) is 16.2. The van der Waals surface area contributed by atoms with E-state index >= 15 is 0 Å². The Morgan fingerprint density at radius 2 is 2.00 bits per heavy atom. The molecule has 3 saturated carbocycles. The van der Waals surface area contributed by atoms with Crippen LogP contribution in [0.2, 0.25) is 0 Å². The van der Waals surface area contributed by atoms with Gasteiger partial charge in [0.15, 0.2) is 5.78 Å². The van der Waals surface area contributed by atoms with Crippen LogP contribution in [0.3, 0.4) is 0 Å². The monoisotopic (exact) mass is 362 g/mol. The molecule has 0 aromatic rings. The predicted molar refractivity (Wildman–Crippen MR) is 97.2 cm³/mol. The van der Waals surface area contributed by atoms with Crippen LogP contribution in [0.4, 0.5) is 4.39 Å². The van der Waals surface area contributed by atoms with Crippen molar-refractivity contribution in [1.82, 2.24) is 0 Å². The number of halogens is 1. The minimum absolute atomic E-state index is 0.0994. The summed E-state index contributed by atoms with van der Waals surface area (Å²) >= 11 is 0. The molecule has 0 radical (unpaired) electrons. The molecule has 26 heavy (non-hydrogen) atoms. The zero-order valence-corrected chi connectivity index (χ0v) is 16.2. The summed E-state index contributed by atoms with van der Waals surface area (Å²) in [6.07, 6.45) is 6.66. The van der Waals surface area contributed by atoms with E-state index in [1.54, 1.807) is 6.92 Å². The highest BCUT2D eigenvalue weighted by molar-refractivity contribution is 5.91. The predicted octanol–water partition coefficient (Wildman–Crippen LogP) is 4.79. The summed E-state index contributed by atoms with van der Waals surface area (Å²) in [6.45, 7) is 6.25. The van der Waals surface area contributed by atoms with E-state index in [-0.39, 0.29) is 28.5 Å². The maximum Gasteiger partial charge on any atom is 0.305 e. The number of ketones is 1. The summed E-state index contributed by atoms with van der Waals surface area (Å²) in [5.74, 6) is 1.28. The average Bonchev–Trinajstić information content (AvgIpc) is 2.86. The van der Waals surface area contributed by atoms with Gasteiger partial charge in [0.1, 0.15) is 12.3 Å². The molecule has 0 saturated heterocycles. The van der Waals surface area contributed by atoms with Crippen molar-refractivity contribution in [3.8, 4) is 0 Å². The van der Waals surface area contributed by atoms with Crippen molar-refractivity contribution in [1.29, 1.82) is 0 Å². The molecule has 0 spiro atoms. The lowest BCUT2D eigenvalue weighted by atomic mass is 9.47. The van der Waals surface area contributed by atoms with Gasteiger partial charge in [-0.15, -0.1) is 0 Å². The summed E-state index contributed by atoms with van der Waals surface area (Å²) in [4.78, 5) is 23.8. The van der Waals surface area contributed by atoms with Crippen LogP contribution in [0.15, 0.2) is 11.6 Å². The highest BCUT2D eigenvalue weighted by atomic mass is 19.1. The molecule has 4 rings (SSSR count). The molecule has 4 heteroatoms. The van der Waals surface area contributed by atoms with Crippen molar-refractivity contribution in [2.75, 3.05) is 0 Å². The number of alkyl halides is 1. The lowest BCUT2D eigenvalue weighted by molar-refractivity contribution is -0.163. The molecule has 0 amide bonds. The van der Waals surface area contributed by atoms with Gasteiger partial charge in [-0.25, -0.2) is 4.39 Å². The first-order valence-electron chi connectivity index (χ1n) is 10.4. The Bertz CT molecular complexity index is 656. The van der Waals surface area contributed by atoms with Gasteiger partial charge in [-0.05, 0) is 67.8 Å². The number of fused-ring (bicyclic) bond motifs is 5. The maximum absolute atomic E-state index is 14.9. The fraction of sp³-hybridized carbons (Fsp3) is 0.818. The van der Waals surface area contributed by atoms with E-state index in [1.165, 1.54) is 5.57 Å². The number of rotatable bonds is 2. The normalized spacial score (nSPS) is 47.5. The lowest BCUT2D eigenvalue weighted by Gasteiger charge is -2.57. The van der Waals surface area contributed by atoms with E-state index in [0.29, 0.717) is 31.1 Å². The van der Waals surface area contributed by atoms with E-state index in [1.807, 2.05) is 6.08 Å². The Morgan fingerprint density at radius 3 is 2.73 bits per heavy atom. The standard InChI is InChI=1S/C22H31FO3/c1-4-19(25)26-20-18(23)12-17-15-6-5-13-11-14(24)7-9-21(13,2)16(15)8-10-22(17,20)3/h11,15-18,20H,4-10,12H2,1-3H3/t15-,16+,17+,18-,20-,21+,22+/m1/s1. The summed E-state index contributed by atoms with van der Waals surface area (Å²) in [5.41, 5.74) is 1.19. The van der Waals surface area contributed by atoms with Crippen LogP contribution in [-0.2, 0) is 14.3 Å². The molecule has 0 aromatic heterocycles. The molecule has 0 unspecified atom stereocenters. The van der Waals surface area contributed by atoms with Crippen molar-refractivity contribution in [3.05, 3.63) is 11.6 Å². The summed E-state index contributed by atoms with van der Waals surface area (Å²) < 4.78 is 20.5. The first-order valence-corrected chi connectivity index (χ1v) is 10.4. The van der Waals surface area contributed by atoms with Gasteiger partial charge in [0, 0.05) is 18.3 Å². The van der Waals surface area contributed by atoms with E-state index in [2.05, 4.69) is 13.8 Å². The van der Waals surface area contributed by atoms with Gasteiger partial charge in [0.25, 0.3) is 0 Å². The Kier molecular flexibility index (Phi) is 4.32. The minimum atomic E-state index is -1.04. The number of ether oxygens (including phenoxy) is 1. The second-order valence-electron chi connectivity index (χ2n) is 9.53. The average molecular weight is 362 g/mol. The van der Waals surface area contributed by atoms with Crippen molar-refractivity contribution in [3.63, 3.8) is 0 Å².